The molecule has 0 amide bonds. The standard InChI is InChI=1S/C11H12BrNO5/c1-7(6-17-2)18-11(14)8-4-3-5-9(10(8)12)13(15)16/h3-5,7H,6H2,1-2H3. The highest BCUT2D eigenvalue weighted by atomic mass is 79.9. The van der Waals surface area contributed by atoms with E-state index < -0.39 is 17.0 Å². The van der Waals surface area contributed by atoms with Gasteiger partial charge in [0.2, 0.25) is 0 Å². The molecule has 0 saturated heterocycles. The molecular formula is C11H12BrNO5. The smallest absolute Gasteiger partial charge is 0.339 e. The van der Waals surface area contributed by atoms with Crippen molar-refractivity contribution in [3.8, 4) is 0 Å². The van der Waals surface area contributed by atoms with Crippen LogP contribution in [0.3, 0.4) is 0 Å². The molecule has 0 fully saturated rings. The minimum Gasteiger partial charge on any atom is -0.457 e. The van der Waals surface area contributed by atoms with Crippen molar-refractivity contribution in [3.05, 3.63) is 38.3 Å². The van der Waals surface area contributed by atoms with Crippen LogP contribution in [0, 0.1) is 10.1 Å². The van der Waals surface area contributed by atoms with Crippen LogP contribution in [0.15, 0.2) is 22.7 Å². The zero-order valence-corrected chi connectivity index (χ0v) is 11.5. The summed E-state index contributed by atoms with van der Waals surface area (Å²) in [6, 6.07) is 4.19. The van der Waals surface area contributed by atoms with Crippen molar-refractivity contribution in [1.82, 2.24) is 0 Å². The number of rotatable bonds is 5. The number of hydrogen-bond donors (Lipinski definition) is 0. The molecule has 0 heterocycles. The lowest BCUT2D eigenvalue weighted by molar-refractivity contribution is -0.385. The van der Waals surface area contributed by atoms with Gasteiger partial charge in [0.1, 0.15) is 10.6 Å². The summed E-state index contributed by atoms with van der Waals surface area (Å²) >= 11 is 3.04. The van der Waals surface area contributed by atoms with Gasteiger partial charge in [0.15, 0.2) is 0 Å². The zero-order chi connectivity index (χ0) is 13.7. The second-order valence-electron chi connectivity index (χ2n) is 3.57. The number of benzene rings is 1. The van der Waals surface area contributed by atoms with Crippen LogP contribution in [0.1, 0.15) is 17.3 Å². The predicted octanol–water partition coefficient (Wildman–Crippen LogP) is 2.55. The summed E-state index contributed by atoms with van der Waals surface area (Å²) in [5.41, 5.74) is -0.0593. The molecule has 0 spiro atoms. The van der Waals surface area contributed by atoms with Crippen LogP contribution < -0.4 is 0 Å². The summed E-state index contributed by atoms with van der Waals surface area (Å²) in [6.07, 6.45) is -0.423. The third kappa shape index (κ3) is 3.51. The topological polar surface area (TPSA) is 78.7 Å². The van der Waals surface area contributed by atoms with Gasteiger partial charge in [-0.25, -0.2) is 4.79 Å². The Morgan fingerprint density at radius 2 is 2.22 bits per heavy atom. The summed E-state index contributed by atoms with van der Waals surface area (Å²) in [5.74, 6) is -0.630. The maximum atomic E-state index is 11.8. The molecule has 7 heteroatoms. The Hall–Kier alpha value is -1.47. The molecule has 98 valence electrons. The lowest BCUT2D eigenvalue weighted by Gasteiger charge is -2.12. The molecule has 0 radical (unpaired) electrons. The van der Waals surface area contributed by atoms with Crippen molar-refractivity contribution in [3.63, 3.8) is 0 Å². The van der Waals surface area contributed by atoms with Crippen LogP contribution >= 0.6 is 15.9 Å². The highest BCUT2D eigenvalue weighted by Crippen LogP contribution is 2.28. The minimum atomic E-state index is -0.630. The quantitative estimate of drug-likeness (QED) is 0.473. The van der Waals surface area contributed by atoms with Gasteiger partial charge in [-0.05, 0) is 28.9 Å². The first-order valence-corrected chi connectivity index (χ1v) is 5.89. The first-order chi connectivity index (χ1) is 8.47. The normalized spacial score (nSPS) is 11.9. The summed E-state index contributed by atoms with van der Waals surface area (Å²) in [7, 11) is 1.49. The Morgan fingerprint density at radius 3 is 2.78 bits per heavy atom. The molecule has 1 atom stereocenters. The number of methoxy groups -OCH3 is 1. The number of nitro groups is 1. The van der Waals surface area contributed by atoms with Gasteiger partial charge in [0.05, 0.1) is 17.1 Å². The zero-order valence-electron chi connectivity index (χ0n) is 9.88. The van der Waals surface area contributed by atoms with Crippen molar-refractivity contribution in [2.75, 3.05) is 13.7 Å². The molecule has 0 bridgehead atoms. The lowest BCUT2D eigenvalue weighted by Crippen LogP contribution is -2.20. The molecule has 0 N–H and O–H groups in total. The van der Waals surface area contributed by atoms with E-state index in [-0.39, 0.29) is 22.3 Å². The van der Waals surface area contributed by atoms with E-state index >= 15 is 0 Å². The maximum Gasteiger partial charge on any atom is 0.339 e. The van der Waals surface area contributed by atoms with Gasteiger partial charge < -0.3 is 9.47 Å². The Balaban J connectivity index is 2.93. The predicted molar refractivity (Wildman–Crippen MR) is 67.5 cm³/mol. The third-order valence-corrected chi connectivity index (χ3v) is 2.94. The Bertz CT molecular complexity index is 463. The number of esters is 1. The molecule has 0 aliphatic rings. The molecule has 1 rings (SSSR count). The summed E-state index contributed by atoms with van der Waals surface area (Å²) in [4.78, 5) is 21.9. The van der Waals surface area contributed by atoms with Crippen molar-refractivity contribution >= 4 is 27.6 Å². The van der Waals surface area contributed by atoms with Crippen molar-refractivity contribution in [2.45, 2.75) is 13.0 Å². The SMILES string of the molecule is COCC(C)OC(=O)c1cccc([N+](=O)[O-])c1Br. The fourth-order valence-electron chi connectivity index (χ4n) is 1.33. The highest BCUT2D eigenvalue weighted by Gasteiger charge is 2.21. The second-order valence-corrected chi connectivity index (χ2v) is 4.36. The van der Waals surface area contributed by atoms with Gasteiger partial charge >= 0.3 is 5.97 Å². The van der Waals surface area contributed by atoms with Gasteiger partial charge in [0.25, 0.3) is 5.69 Å². The Kier molecular flexibility index (Phi) is 5.24. The van der Waals surface area contributed by atoms with E-state index in [9.17, 15) is 14.9 Å². The average Bonchev–Trinajstić information content (AvgIpc) is 2.28. The first-order valence-electron chi connectivity index (χ1n) is 5.10. The number of nitrogens with zero attached hydrogens (tertiary/aromatic N) is 1. The molecule has 18 heavy (non-hydrogen) atoms. The Labute approximate surface area is 112 Å². The van der Waals surface area contributed by atoms with Gasteiger partial charge in [0, 0.05) is 13.2 Å². The van der Waals surface area contributed by atoms with Crippen molar-refractivity contribution < 1.29 is 19.2 Å². The monoisotopic (exact) mass is 317 g/mol. The molecule has 1 aromatic carbocycles. The fourth-order valence-corrected chi connectivity index (χ4v) is 1.90. The molecule has 1 aromatic rings. The van der Waals surface area contributed by atoms with Crippen LogP contribution in [0.4, 0.5) is 5.69 Å². The number of carbonyl (C=O) groups is 1. The number of carbonyl (C=O) groups excluding carboxylic acids is 1. The number of ether oxygens (including phenoxy) is 2. The van der Waals surface area contributed by atoms with E-state index in [0.29, 0.717) is 0 Å². The third-order valence-electron chi connectivity index (χ3n) is 2.10. The van der Waals surface area contributed by atoms with Gasteiger partial charge in [-0.2, -0.15) is 0 Å². The van der Waals surface area contributed by atoms with E-state index in [1.807, 2.05) is 0 Å². The van der Waals surface area contributed by atoms with Gasteiger partial charge in [-0.3, -0.25) is 10.1 Å². The summed E-state index contributed by atoms with van der Waals surface area (Å²) < 4.78 is 10.0. The van der Waals surface area contributed by atoms with Crippen LogP contribution in [-0.4, -0.2) is 30.7 Å². The minimum absolute atomic E-state index is 0.115. The van der Waals surface area contributed by atoms with Crippen LogP contribution in [0.25, 0.3) is 0 Å². The number of hydrogen-bond acceptors (Lipinski definition) is 5. The highest BCUT2D eigenvalue weighted by molar-refractivity contribution is 9.10. The van der Waals surface area contributed by atoms with E-state index in [1.165, 1.54) is 25.3 Å². The molecule has 6 nitrogen and oxygen atoms in total. The van der Waals surface area contributed by atoms with Crippen LogP contribution in [0.2, 0.25) is 0 Å². The van der Waals surface area contributed by atoms with Gasteiger partial charge in [-0.15, -0.1) is 0 Å². The van der Waals surface area contributed by atoms with Crippen LogP contribution in [-0.2, 0) is 9.47 Å². The van der Waals surface area contributed by atoms with Crippen molar-refractivity contribution in [2.24, 2.45) is 0 Å². The van der Waals surface area contributed by atoms with Crippen LogP contribution in [0.5, 0.6) is 0 Å². The summed E-state index contributed by atoms with van der Waals surface area (Å²) in [5, 5.41) is 10.7. The largest absolute Gasteiger partial charge is 0.457 e. The molecule has 1 unspecified atom stereocenters. The van der Waals surface area contributed by atoms with E-state index in [2.05, 4.69) is 15.9 Å². The molecule has 0 aliphatic carbocycles. The van der Waals surface area contributed by atoms with E-state index in [4.69, 9.17) is 9.47 Å². The van der Waals surface area contributed by atoms with Gasteiger partial charge in [-0.1, -0.05) is 6.07 Å². The molecule has 0 aromatic heterocycles. The maximum absolute atomic E-state index is 11.8. The van der Waals surface area contributed by atoms with E-state index in [0.717, 1.165) is 0 Å². The van der Waals surface area contributed by atoms with E-state index in [1.54, 1.807) is 6.92 Å². The number of nitro benzene ring substituents is 1. The lowest BCUT2D eigenvalue weighted by atomic mass is 10.2. The average molecular weight is 318 g/mol. The molecular weight excluding hydrogens is 306 g/mol. The molecule has 0 saturated carbocycles. The Morgan fingerprint density at radius 1 is 1.56 bits per heavy atom. The van der Waals surface area contributed by atoms with Crippen molar-refractivity contribution in [1.29, 1.82) is 0 Å². The molecule has 0 aliphatic heterocycles. The second kappa shape index (κ2) is 6.46. The fraction of sp³-hybridized carbons (Fsp3) is 0.364. The first kappa shape index (κ1) is 14.6. The number of halogens is 1. The summed E-state index contributed by atoms with van der Waals surface area (Å²) in [6.45, 7) is 1.94.